The Bertz CT molecular complexity index is 681. The van der Waals surface area contributed by atoms with Crippen molar-refractivity contribution in [2.45, 2.75) is 71.4 Å². The molecule has 2 heterocycles. The summed E-state index contributed by atoms with van der Waals surface area (Å²) in [4.78, 5) is 4.52. The van der Waals surface area contributed by atoms with E-state index in [0.29, 0.717) is 5.92 Å². The van der Waals surface area contributed by atoms with Gasteiger partial charge >= 0.3 is 0 Å². The van der Waals surface area contributed by atoms with E-state index in [9.17, 15) is 5.11 Å². The van der Waals surface area contributed by atoms with Gasteiger partial charge in [0.15, 0.2) is 5.65 Å². The van der Waals surface area contributed by atoms with Crippen LogP contribution in [-0.4, -0.2) is 32.4 Å². The lowest BCUT2D eigenvalue weighted by Crippen LogP contribution is -2.26. The van der Waals surface area contributed by atoms with Crippen LogP contribution in [0.15, 0.2) is 12.3 Å². The number of aryl methyl sites for hydroxylation is 2. The summed E-state index contributed by atoms with van der Waals surface area (Å²) >= 11 is 0. The molecule has 0 radical (unpaired) electrons. The van der Waals surface area contributed by atoms with Crippen molar-refractivity contribution < 1.29 is 5.11 Å². The molecule has 0 aliphatic heterocycles. The van der Waals surface area contributed by atoms with Gasteiger partial charge < -0.3 is 10.4 Å². The molecule has 2 aromatic heterocycles. The van der Waals surface area contributed by atoms with Gasteiger partial charge in [-0.15, -0.1) is 0 Å². The second-order valence-corrected chi connectivity index (χ2v) is 7.28. The summed E-state index contributed by atoms with van der Waals surface area (Å²) in [5.74, 6) is 0.502. The van der Waals surface area contributed by atoms with Crippen molar-refractivity contribution in [2.75, 3.05) is 6.54 Å². The van der Waals surface area contributed by atoms with Crippen LogP contribution in [0.25, 0.3) is 5.65 Å². The van der Waals surface area contributed by atoms with Gasteiger partial charge in [-0.3, -0.25) is 0 Å². The van der Waals surface area contributed by atoms with Crippen LogP contribution < -0.4 is 5.32 Å². The first kappa shape index (κ1) is 17.4. The van der Waals surface area contributed by atoms with Crippen molar-refractivity contribution in [3.63, 3.8) is 0 Å². The minimum Gasteiger partial charge on any atom is -0.393 e. The summed E-state index contributed by atoms with van der Waals surface area (Å²) in [6.45, 7) is 7.25. The summed E-state index contributed by atoms with van der Waals surface area (Å²) in [6.07, 6.45) is 8.77. The topological polar surface area (TPSA) is 62.5 Å². The van der Waals surface area contributed by atoms with Crippen LogP contribution in [0.4, 0.5) is 0 Å². The molecule has 1 aliphatic rings. The molecule has 3 rings (SSSR count). The van der Waals surface area contributed by atoms with E-state index in [-0.39, 0.29) is 12.1 Å². The van der Waals surface area contributed by atoms with E-state index in [1.54, 1.807) is 0 Å². The van der Waals surface area contributed by atoms with Gasteiger partial charge in [0.1, 0.15) is 0 Å². The van der Waals surface area contributed by atoms with E-state index < -0.39 is 0 Å². The average Bonchev–Trinajstić information content (AvgIpc) is 2.94. The lowest BCUT2D eigenvalue weighted by atomic mass is 9.83. The molecule has 5 heteroatoms. The van der Waals surface area contributed by atoms with Gasteiger partial charge in [-0.05, 0) is 58.9 Å². The first-order valence-electron chi connectivity index (χ1n) is 9.29. The summed E-state index contributed by atoms with van der Waals surface area (Å²) in [5.41, 5.74) is 4.25. The number of nitrogens with one attached hydrogen (secondary N) is 1. The zero-order valence-corrected chi connectivity index (χ0v) is 15.1. The van der Waals surface area contributed by atoms with Gasteiger partial charge in [-0.25, -0.2) is 9.50 Å². The Morgan fingerprint density at radius 1 is 1.33 bits per heavy atom. The molecule has 0 aromatic carbocycles. The Hall–Kier alpha value is -1.46. The van der Waals surface area contributed by atoms with Crippen LogP contribution >= 0.6 is 0 Å². The molecular weight excluding hydrogens is 300 g/mol. The predicted octanol–water partition coefficient (Wildman–Crippen LogP) is 3.33. The van der Waals surface area contributed by atoms with Gasteiger partial charge in [0.2, 0.25) is 0 Å². The first-order valence-corrected chi connectivity index (χ1v) is 9.29. The third-order valence-electron chi connectivity index (χ3n) is 5.42. The summed E-state index contributed by atoms with van der Waals surface area (Å²) in [5, 5.41) is 18.2. The summed E-state index contributed by atoms with van der Waals surface area (Å²) in [7, 11) is 0. The molecule has 2 N–H and O–H groups in total. The predicted molar refractivity (Wildman–Crippen MR) is 96.1 cm³/mol. The maximum Gasteiger partial charge on any atom is 0.155 e. The molecule has 0 bridgehead atoms. The Morgan fingerprint density at radius 2 is 2.12 bits per heavy atom. The van der Waals surface area contributed by atoms with Crippen molar-refractivity contribution in [2.24, 2.45) is 5.92 Å². The summed E-state index contributed by atoms with van der Waals surface area (Å²) < 4.78 is 1.93. The Morgan fingerprint density at radius 3 is 2.92 bits per heavy atom. The number of aliphatic hydroxyl groups is 1. The molecular formula is C19H30N4O. The van der Waals surface area contributed by atoms with Crippen molar-refractivity contribution in [3.8, 4) is 0 Å². The molecule has 0 spiro atoms. The molecule has 0 amide bonds. The van der Waals surface area contributed by atoms with Gasteiger partial charge in [0.25, 0.3) is 0 Å². The van der Waals surface area contributed by atoms with Gasteiger partial charge in [-0.1, -0.05) is 12.8 Å². The number of aliphatic hydroxyl groups excluding tert-OH is 1. The highest BCUT2D eigenvalue weighted by atomic mass is 16.3. The molecule has 0 unspecified atom stereocenters. The van der Waals surface area contributed by atoms with E-state index in [0.717, 1.165) is 42.8 Å². The fourth-order valence-electron chi connectivity index (χ4n) is 3.92. The molecule has 3 atom stereocenters. The van der Waals surface area contributed by atoms with Crippen LogP contribution in [-0.2, 0) is 0 Å². The van der Waals surface area contributed by atoms with E-state index in [1.165, 1.54) is 24.8 Å². The van der Waals surface area contributed by atoms with Crippen molar-refractivity contribution in [1.29, 1.82) is 0 Å². The van der Waals surface area contributed by atoms with Crippen LogP contribution in [0.5, 0.6) is 0 Å². The molecule has 24 heavy (non-hydrogen) atoms. The third-order valence-corrected chi connectivity index (χ3v) is 5.42. The highest BCUT2D eigenvalue weighted by molar-refractivity contribution is 5.42. The molecule has 0 saturated heterocycles. The smallest absolute Gasteiger partial charge is 0.155 e. The molecule has 132 valence electrons. The standard InChI is InChI=1S/C19H30N4O/c1-13-11-19-21-12-17(15(3)23(19)22-13)14(2)20-10-6-8-16-7-4-5-9-18(16)24/h11-12,14,16,18,20,24H,4-10H2,1-3H3/t14-,16+,18+/m0/s1. The summed E-state index contributed by atoms with van der Waals surface area (Å²) in [6, 6.07) is 2.26. The third kappa shape index (κ3) is 3.78. The van der Waals surface area contributed by atoms with Crippen molar-refractivity contribution in [3.05, 3.63) is 29.2 Å². The fourth-order valence-corrected chi connectivity index (χ4v) is 3.92. The van der Waals surface area contributed by atoms with E-state index in [4.69, 9.17) is 0 Å². The zero-order chi connectivity index (χ0) is 17.1. The Kier molecular flexibility index (Phi) is 5.51. The normalized spacial score (nSPS) is 22.8. The number of hydrogen-bond donors (Lipinski definition) is 2. The average molecular weight is 330 g/mol. The number of fused-ring (bicyclic) bond motifs is 1. The lowest BCUT2D eigenvalue weighted by Gasteiger charge is -2.27. The second kappa shape index (κ2) is 7.62. The Balaban J connectivity index is 1.53. The zero-order valence-electron chi connectivity index (χ0n) is 15.1. The molecule has 2 aromatic rings. The fraction of sp³-hybridized carbons (Fsp3) is 0.684. The molecule has 1 fully saturated rings. The lowest BCUT2D eigenvalue weighted by molar-refractivity contribution is 0.0642. The number of hydrogen-bond acceptors (Lipinski definition) is 4. The number of aromatic nitrogens is 3. The highest BCUT2D eigenvalue weighted by Gasteiger charge is 2.22. The minimum atomic E-state index is -0.0759. The largest absolute Gasteiger partial charge is 0.393 e. The maximum atomic E-state index is 10.1. The Labute approximate surface area is 144 Å². The van der Waals surface area contributed by atoms with Gasteiger partial charge in [0.05, 0.1) is 11.8 Å². The van der Waals surface area contributed by atoms with Crippen molar-refractivity contribution in [1.82, 2.24) is 19.9 Å². The number of rotatable bonds is 6. The van der Waals surface area contributed by atoms with Crippen molar-refractivity contribution >= 4 is 5.65 Å². The van der Waals surface area contributed by atoms with Crippen LogP contribution in [0, 0.1) is 19.8 Å². The molecule has 5 nitrogen and oxygen atoms in total. The quantitative estimate of drug-likeness (QED) is 0.798. The first-order chi connectivity index (χ1) is 11.6. The van der Waals surface area contributed by atoms with Gasteiger partial charge in [-0.2, -0.15) is 5.10 Å². The number of nitrogens with zero attached hydrogens (tertiary/aromatic N) is 3. The van der Waals surface area contributed by atoms with Crippen LogP contribution in [0.2, 0.25) is 0 Å². The maximum absolute atomic E-state index is 10.1. The van der Waals surface area contributed by atoms with Crippen LogP contribution in [0.1, 0.15) is 68.4 Å². The minimum absolute atomic E-state index is 0.0759. The van der Waals surface area contributed by atoms with Gasteiger partial charge in [0, 0.05) is 29.6 Å². The van der Waals surface area contributed by atoms with E-state index in [1.807, 2.05) is 23.7 Å². The molecule has 1 saturated carbocycles. The second-order valence-electron chi connectivity index (χ2n) is 7.28. The monoisotopic (exact) mass is 330 g/mol. The SMILES string of the molecule is Cc1cc2ncc([C@H](C)NCCC[C@H]3CCCC[C@H]3O)c(C)n2n1. The van der Waals surface area contributed by atoms with E-state index in [2.05, 4.69) is 29.2 Å². The van der Waals surface area contributed by atoms with Crippen LogP contribution in [0.3, 0.4) is 0 Å². The molecule has 1 aliphatic carbocycles. The van der Waals surface area contributed by atoms with E-state index >= 15 is 0 Å². The highest BCUT2D eigenvalue weighted by Crippen LogP contribution is 2.27.